The molecular formula is C14H20F2N2O. The molecule has 1 aromatic rings. The van der Waals surface area contributed by atoms with Gasteiger partial charge in [-0.1, -0.05) is 12.1 Å². The Morgan fingerprint density at radius 3 is 2.79 bits per heavy atom. The average molecular weight is 270 g/mol. The Labute approximate surface area is 112 Å². The van der Waals surface area contributed by atoms with Crippen molar-refractivity contribution in [2.75, 3.05) is 33.7 Å². The first-order chi connectivity index (χ1) is 8.99. The second-order valence-corrected chi connectivity index (χ2v) is 5.29. The van der Waals surface area contributed by atoms with Crippen LogP contribution >= 0.6 is 0 Å². The van der Waals surface area contributed by atoms with Gasteiger partial charge < -0.3 is 14.9 Å². The second-order valence-electron chi connectivity index (χ2n) is 5.29. The third kappa shape index (κ3) is 3.29. The number of hydrogen-bond acceptors (Lipinski definition) is 3. The number of piperazine rings is 1. The number of aliphatic hydroxyl groups excluding tert-OH is 1. The summed E-state index contributed by atoms with van der Waals surface area (Å²) in [4.78, 5) is 4.33. The lowest BCUT2D eigenvalue weighted by molar-refractivity contribution is 0.0619. The summed E-state index contributed by atoms with van der Waals surface area (Å²) in [5, 5.41) is 10.1. The molecule has 106 valence electrons. The Hall–Kier alpha value is -1.04. The maximum absolute atomic E-state index is 13.6. The maximum atomic E-state index is 13.6. The van der Waals surface area contributed by atoms with E-state index in [1.807, 2.05) is 14.1 Å². The lowest BCUT2D eigenvalue weighted by Gasteiger charge is -2.38. The zero-order chi connectivity index (χ0) is 14.0. The van der Waals surface area contributed by atoms with E-state index in [4.69, 9.17) is 0 Å². The zero-order valence-corrected chi connectivity index (χ0v) is 11.3. The highest BCUT2D eigenvalue weighted by molar-refractivity contribution is 5.21. The summed E-state index contributed by atoms with van der Waals surface area (Å²) in [5.41, 5.74) is 0.0432. The summed E-state index contributed by atoms with van der Waals surface area (Å²) in [6.45, 7) is 2.72. The minimum Gasteiger partial charge on any atom is -0.388 e. The van der Waals surface area contributed by atoms with E-state index in [-0.39, 0.29) is 11.6 Å². The Bertz CT molecular complexity index is 441. The van der Waals surface area contributed by atoms with Gasteiger partial charge in [0, 0.05) is 31.2 Å². The summed E-state index contributed by atoms with van der Waals surface area (Å²) >= 11 is 0. The third-order valence-electron chi connectivity index (χ3n) is 3.82. The van der Waals surface area contributed by atoms with Gasteiger partial charge >= 0.3 is 0 Å². The summed E-state index contributed by atoms with van der Waals surface area (Å²) in [7, 11) is 4.02. The predicted octanol–water partition coefficient (Wildman–Crippen LogP) is 1.63. The number of nitrogens with zero attached hydrogens (tertiary/aromatic N) is 2. The summed E-state index contributed by atoms with van der Waals surface area (Å²) in [6.07, 6.45) is -0.573. The van der Waals surface area contributed by atoms with Crippen molar-refractivity contribution in [1.82, 2.24) is 9.80 Å². The number of hydrogen-bond donors (Lipinski definition) is 1. The van der Waals surface area contributed by atoms with Gasteiger partial charge in [0.15, 0.2) is 11.6 Å². The third-order valence-corrected chi connectivity index (χ3v) is 3.82. The molecule has 3 nitrogen and oxygen atoms in total. The van der Waals surface area contributed by atoms with Crippen molar-refractivity contribution in [2.24, 2.45) is 0 Å². The first kappa shape index (κ1) is 14.4. The van der Waals surface area contributed by atoms with Crippen LogP contribution in [0.5, 0.6) is 0 Å². The van der Waals surface area contributed by atoms with Crippen LogP contribution in [0.3, 0.4) is 0 Å². The first-order valence-electron chi connectivity index (χ1n) is 6.49. The van der Waals surface area contributed by atoms with Crippen molar-refractivity contribution in [3.05, 3.63) is 35.4 Å². The zero-order valence-electron chi connectivity index (χ0n) is 11.3. The lowest BCUT2D eigenvalue weighted by atomic mass is 9.99. The summed E-state index contributed by atoms with van der Waals surface area (Å²) < 4.78 is 26.8. The van der Waals surface area contributed by atoms with Gasteiger partial charge in [0.1, 0.15) is 0 Å². The van der Waals surface area contributed by atoms with Crippen LogP contribution in [0.1, 0.15) is 18.1 Å². The van der Waals surface area contributed by atoms with Crippen LogP contribution in [0.25, 0.3) is 0 Å². The molecule has 0 radical (unpaired) electrons. The molecule has 5 heteroatoms. The monoisotopic (exact) mass is 270 g/mol. The number of benzene rings is 1. The van der Waals surface area contributed by atoms with Crippen LogP contribution in [0.4, 0.5) is 8.78 Å². The fourth-order valence-electron chi connectivity index (χ4n) is 2.52. The predicted molar refractivity (Wildman–Crippen MR) is 69.8 cm³/mol. The lowest BCUT2D eigenvalue weighted by Crippen LogP contribution is -2.50. The Morgan fingerprint density at radius 1 is 1.32 bits per heavy atom. The minimum absolute atomic E-state index is 0.0432. The topological polar surface area (TPSA) is 26.7 Å². The molecule has 1 aliphatic heterocycles. The molecule has 0 spiro atoms. The van der Waals surface area contributed by atoms with E-state index in [1.54, 1.807) is 0 Å². The molecule has 0 saturated carbocycles. The van der Waals surface area contributed by atoms with Crippen LogP contribution in [-0.4, -0.2) is 54.7 Å². The number of likely N-dealkylation sites (N-methyl/N-ethyl adjacent to an activating group) is 2. The standard InChI is InChI=1S/C14H20F2N2O/c1-17-6-7-18(2)10(9-17)8-13(19)11-4-3-5-12(15)14(11)16/h3-5,10,13,19H,6-9H2,1-2H3. The van der Waals surface area contributed by atoms with E-state index >= 15 is 0 Å². The SMILES string of the molecule is CN1CCN(C)C(CC(O)c2cccc(F)c2F)C1. The molecule has 0 aromatic heterocycles. The van der Waals surface area contributed by atoms with E-state index in [2.05, 4.69) is 9.80 Å². The smallest absolute Gasteiger partial charge is 0.164 e. The minimum atomic E-state index is -0.977. The van der Waals surface area contributed by atoms with Crippen LogP contribution < -0.4 is 0 Å². The normalized spacial score (nSPS) is 23.5. The van der Waals surface area contributed by atoms with Crippen molar-refractivity contribution < 1.29 is 13.9 Å². The summed E-state index contributed by atoms with van der Waals surface area (Å²) in [5.74, 6) is -1.85. The van der Waals surface area contributed by atoms with Gasteiger partial charge in [0.2, 0.25) is 0 Å². The van der Waals surface area contributed by atoms with E-state index < -0.39 is 17.7 Å². The summed E-state index contributed by atoms with van der Waals surface area (Å²) in [6, 6.07) is 4.08. The highest BCUT2D eigenvalue weighted by Gasteiger charge is 2.26. The fraction of sp³-hybridized carbons (Fsp3) is 0.571. The van der Waals surface area contributed by atoms with E-state index in [1.165, 1.54) is 12.1 Å². The molecule has 1 N–H and O–H groups in total. The van der Waals surface area contributed by atoms with E-state index in [9.17, 15) is 13.9 Å². The maximum Gasteiger partial charge on any atom is 0.164 e. The van der Waals surface area contributed by atoms with Gasteiger partial charge in [-0.2, -0.15) is 0 Å². The number of rotatable bonds is 3. The van der Waals surface area contributed by atoms with E-state index in [0.29, 0.717) is 6.42 Å². The van der Waals surface area contributed by atoms with Gasteiger partial charge in [-0.25, -0.2) is 8.78 Å². The molecule has 1 aliphatic rings. The highest BCUT2D eigenvalue weighted by atomic mass is 19.2. The average Bonchev–Trinajstić information content (AvgIpc) is 2.37. The number of halogens is 2. The quantitative estimate of drug-likeness (QED) is 0.904. The molecule has 0 aliphatic carbocycles. The molecule has 0 amide bonds. The van der Waals surface area contributed by atoms with Crippen molar-refractivity contribution in [3.8, 4) is 0 Å². The van der Waals surface area contributed by atoms with Crippen LogP contribution in [-0.2, 0) is 0 Å². The van der Waals surface area contributed by atoms with E-state index in [0.717, 1.165) is 25.7 Å². The molecule has 2 rings (SSSR count). The molecule has 1 fully saturated rings. The molecule has 1 aromatic carbocycles. The Kier molecular flexibility index (Phi) is 4.50. The molecule has 1 saturated heterocycles. The van der Waals surface area contributed by atoms with Crippen molar-refractivity contribution in [1.29, 1.82) is 0 Å². The van der Waals surface area contributed by atoms with Gasteiger partial charge in [0.25, 0.3) is 0 Å². The molecule has 1 heterocycles. The molecule has 2 atom stereocenters. The van der Waals surface area contributed by atoms with Crippen LogP contribution in [0, 0.1) is 11.6 Å². The van der Waals surface area contributed by atoms with Crippen molar-refractivity contribution >= 4 is 0 Å². The van der Waals surface area contributed by atoms with Crippen LogP contribution in [0.2, 0.25) is 0 Å². The highest BCUT2D eigenvalue weighted by Crippen LogP contribution is 2.25. The molecule has 2 unspecified atom stereocenters. The molecule has 0 bridgehead atoms. The van der Waals surface area contributed by atoms with Gasteiger partial charge in [-0.05, 0) is 26.6 Å². The first-order valence-corrected chi connectivity index (χ1v) is 6.49. The Balaban J connectivity index is 2.07. The Morgan fingerprint density at radius 2 is 2.05 bits per heavy atom. The fourth-order valence-corrected chi connectivity index (χ4v) is 2.52. The van der Waals surface area contributed by atoms with Gasteiger partial charge in [-0.15, -0.1) is 0 Å². The second kappa shape index (κ2) is 5.94. The largest absolute Gasteiger partial charge is 0.388 e. The van der Waals surface area contributed by atoms with Crippen LogP contribution in [0.15, 0.2) is 18.2 Å². The molecular weight excluding hydrogens is 250 g/mol. The van der Waals surface area contributed by atoms with Gasteiger partial charge in [0.05, 0.1) is 6.10 Å². The van der Waals surface area contributed by atoms with Crippen molar-refractivity contribution in [2.45, 2.75) is 18.6 Å². The number of aliphatic hydroxyl groups is 1. The van der Waals surface area contributed by atoms with Crippen molar-refractivity contribution in [3.63, 3.8) is 0 Å². The van der Waals surface area contributed by atoms with Gasteiger partial charge in [-0.3, -0.25) is 0 Å². The molecule has 19 heavy (non-hydrogen) atoms.